The first-order valence-electron chi connectivity index (χ1n) is 5.18. The fourth-order valence-electron chi connectivity index (χ4n) is 1.58. The van der Waals surface area contributed by atoms with E-state index >= 15 is 0 Å². The van der Waals surface area contributed by atoms with Crippen molar-refractivity contribution in [2.75, 3.05) is 11.2 Å². The summed E-state index contributed by atoms with van der Waals surface area (Å²) in [6.45, 7) is 0. The van der Waals surface area contributed by atoms with Crippen molar-refractivity contribution in [3.05, 3.63) is 30.3 Å². The van der Waals surface area contributed by atoms with Crippen LogP contribution in [0.2, 0.25) is 0 Å². The molecule has 0 bridgehead atoms. The number of alkyl halides is 3. The van der Waals surface area contributed by atoms with Gasteiger partial charge in [-0.1, -0.05) is 18.2 Å². The number of hydrogen-bond acceptors (Lipinski definition) is 3. The van der Waals surface area contributed by atoms with Gasteiger partial charge in [-0.3, -0.25) is 4.57 Å². The molecule has 0 saturated carbocycles. The van der Waals surface area contributed by atoms with E-state index in [9.17, 15) is 22.5 Å². The summed E-state index contributed by atoms with van der Waals surface area (Å²) >= 11 is 0. The lowest BCUT2D eigenvalue weighted by Gasteiger charge is -2.32. The summed E-state index contributed by atoms with van der Waals surface area (Å²) in [6.07, 6.45) is -6.54. The van der Waals surface area contributed by atoms with Crippen molar-refractivity contribution < 1.29 is 37.4 Å². The summed E-state index contributed by atoms with van der Waals surface area (Å²) < 4.78 is 49.4. The van der Waals surface area contributed by atoms with E-state index in [1.54, 1.807) is 0 Å². The van der Waals surface area contributed by atoms with Crippen LogP contribution in [0.3, 0.4) is 0 Å². The maximum absolute atomic E-state index is 12.8. The van der Waals surface area contributed by atoms with Crippen molar-refractivity contribution in [3.8, 4) is 0 Å². The van der Waals surface area contributed by atoms with Crippen LogP contribution in [0.15, 0.2) is 30.3 Å². The third kappa shape index (κ3) is 4.52. The maximum Gasteiger partial charge on any atom is 0.419 e. The SMILES string of the molecule is O=C(O)C(N(CP(=O)(O)O)c1ccccc1)C(F)(F)F. The molecule has 0 spiro atoms. The van der Waals surface area contributed by atoms with Crippen LogP contribution < -0.4 is 4.90 Å². The molecule has 112 valence electrons. The number of anilines is 1. The van der Waals surface area contributed by atoms with Crippen molar-refractivity contribution in [1.82, 2.24) is 0 Å². The lowest BCUT2D eigenvalue weighted by molar-refractivity contribution is -0.174. The zero-order chi connectivity index (χ0) is 15.6. The van der Waals surface area contributed by atoms with Gasteiger partial charge in [0.05, 0.1) is 0 Å². The third-order valence-electron chi connectivity index (χ3n) is 2.28. The van der Waals surface area contributed by atoms with E-state index in [1.807, 2.05) is 0 Å². The average molecular weight is 313 g/mol. The Morgan fingerprint density at radius 3 is 2.10 bits per heavy atom. The van der Waals surface area contributed by atoms with Crippen molar-refractivity contribution >= 4 is 19.3 Å². The van der Waals surface area contributed by atoms with Crippen LogP contribution in [0.25, 0.3) is 0 Å². The van der Waals surface area contributed by atoms with Crippen molar-refractivity contribution in [2.24, 2.45) is 0 Å². The molecule has 0 aromatic heterocycles. The summed E-state index contributed by atoms with van der Waals surface area (Å²) in [7, 11) is -4.89. The zero-order valence-corrected chi connectivity index (χ0v) is 10.8. The van der Waals surface area contributed by atoms with Crippen molar-refractivity contribution in [3.63, 3.8) is 0 Å². The Morgan fingerprint density at radius 1 is 1.25 bits per heavy atom. The number of para-hydroxylation sites is 1. The van der Waals surface area contributed by atoms with E-state index in [1.165, 1.54) is 18.2 Å². The van der Waals surface area contributed by atoms with Gasteiger partial charge in [-0.2, -0.15) is 13.2 Å². The highest BCUT2D eigenvalue weighted by Crippen LogP contribution is 2.40. The molecule has 3 N–H and O–H groups in total. The van der Waals surface area contributed by atoms with E-state index in [4.69, 9.17) is 14.9 Å². The smallest absolute Gasteiger partial charge is 0.419 e. The number of hydrogen-bond donors (Lipinski definition) is 3. The molecule has 0 amide bonds. The van der Waals surface area contributed by atoms with Gasteiger partial charge in [0, 0.05) is 5.69 Å². The highest BCUT2D eigenvalue weighted by Gasteiger charge is 2.50. The number of aliphatic carboxylic acids is 1. The first kappa shape index (κ1) is 16.5. The van der Waals surface area contributed by atoms with Crippen LogP contribution in [-0.4, -0.2) is 39.4 Å². The van der Waals surface area contributed by atoms with Gasteiger partial charge >= 0.3 is 19.7 Å². The van der Waals surface area contributed by atoms with Crippen LogP contribution in [0.5, 0.6) is 0 Å². The fourth-order valence-corrected chi connectivity index (χ4v) is 2.30. The Labute approximate surface area is 111 Å². The molecular weight excluding hydrogens is 302 g/mol. The number of benzene rings is 1. The molecule has 1 aromatic rings. The highest BCUT2D eigenvalue weighted by atomic mass is 31.2. The quantitative estimate of drug-likeness (QED) is 0.715. The summed E-state index contributed by atoms with van der Waals surface area (Å²) in [5.41, 5.74) is -0.249. The van der Waals surface area contributed by atoms with Gasteiger partial charge in [-0.05, 0) is 12.1 Å². The van der Waals surface area contributed by atoms with Crippen LogP contribution in [-0.2, 0) is 9.36 Å². The number of halogens is 3. The molecule has 0 radical (unpaired) electrons. The largest absolute Gasteiger partial charge is 0.479 e. The zero-order valence-electron chi connectivity index (χ0n) is 9.86. The predicted octanol–water partition coefficient (Wildman–Crippen LogP) is 1.64. The summed E-state index contributed by atoms with van der Waals surface area (Å²) in [6, 6.07) is 3.36. The Hall–Kier alpha value is -1.57. The van der Waals surface area contributed by atoms with Gasteiger partial charge < -0.3 is 19.8 Å². The minimum absolute atomic E-state index is 0.128. The van der Waals surface area contributed by atoms with Crippen LogP contribution in [0.4, 0.5) is 18.9 Å². The van der Waals surface area contributed by atoms with Gasteiger partial charge in [-0.15, -0.1) is 0 Å². The molecule has 0 aliphatic rings. The average Bonchev–Trinajstić information content (AvgIpc) is 2.25. The van der Waals surface area contributed by atoms with E-state index in [0.717, 1.165) is 12.1 Å². The standard InChI is InChI=1S/C10H11F3NO5P/c11-10(12,13)8(9(15)16)14(6-20(17,18)19)7-4-2-1-3-5-7/h1-5,8H,6H2,(H,15,16)(H2,17,18,19). The summed E-state index contributed by atoms with van der Waals surface area (Å²) in [5, 5.41) is 8.72. The van der Waals surface area contributed by atoms with E-state index in [0.29, 0.717) is 0 Å². The normalized spacial score (nSPS) is 13.8. The van der Waals surface area contributed by atoms with Gasteiger partial charge in [0.25, 0.3) is 0 Å². The molecule has 1 rings (SSSR count). The van der Waals surface area contributed by atoms with Crippen molar-refractivity contribution in [2.45, 2.75) is 12.2 Å². The second kappa shape index (κ2) is 5.82. The number of rotatable bonds is 5. The topological polar surface area (TPSA) is 98.1 Å². The monoisotopic (exact) mass is 313 g/mol. The second-order valence-corrected chi connectivity index (χ2v) is 5.51. The van der Waals surface area contributed by atoms with Gasteiger partial charge in [0.1, 0.15) is 6.29 Å². The van der Waals surface area contributed by atoms with Crippen LogP contribution in [0.1, 0.15) is 0 Å². The lowest BCUT2D eigenvalue weighted by Crippen LogP contribution is -2.51. The molecule has 6 nitrogen and oxygen atoms in total. The van der Waals surface area contributed by atoms with Gasteiger partial charge in [0.2, 0.25) is 6.04 Å². The van der Waals surface area contributed by atoms with Crippen LogP contribution >= 0.6 is 7.60 Å². The summed E-state index contributed by atoms with van der Waals surface area (Å²) in [5.74, 6) is -2.24. The third-order valence-corrected chi connectivity index (χ3v) is 2.95. The Morgan fingerprint density at radius 2 is 1.75 bits per heavy atom. The number of carboxylic acids is 1. The number of carboxylic acid groups (broad SMARTS) is 1. The Kier molecular flexibility index (Phi) is 4.80. The molecule has 1 unspecified atom stereocenters. The second-order valence-electron chi connectivity index (χ2n) is 3.89. The fraction of sp³-hybridized carbons (Fsp3) is 0.300. The number of carbonyl (C=O) groups is 1. The minimum Gasteiger partial charge on any atom is -0.479 e. The molecule has 0 aliphatic carbocycles. The predicted molar refractivity (Wildman–Crippen MR) is 63.3 cm³/mol. The molecule has 10 heteroatoms. The summed E-state index contributed by atoms with van der Waals surface area (Å²) in [4.78, 5) is 28.7. The molecular formula is C10H11F3NO5P. The molecule has 0 saturated heterocycles. The first-order valence-corrected chi connectivity index (χ1v) is 6.98. The molecule has 1 aromatic carbocycles. The van der Waals surface area contributed by atoms with E-state index < -0.39 is 32.1 Å². The number of nitrogens with zero attached hydrogens (tertiary/aromatic N) is 1. The first-order chi connectivity index (χ1) is 9.02. The molecule has 20 heavy (non-hydrogen) atoms. The van der Waals surface area contributed by atoms with E-state index in [-0.39, 0.29) is 10.6 Å². The molecule has 0 fully saturated rings. The van der Waals surface area contributed by atoms with E-state index in [2.05, 4.69) is 0 Å². The highest BCUT2D eigenvalue weighted by molar-refractivity contribution is 7.51. The lowest BCUT2D eigenvalue weighted by atomic mass is 10.2. The molecule has 0 aliphatic heterocycles. The Bertz CT molecular complexity index is 515. The molecule has 0 heterocycles. The Balaban J connectivity index is 3.29. The van der Waals surface area contributed by atoms with Gasteiger partial charge in [0.15, 0.2) is 0 Å². The van der Waals surface area contributed by atoms with Crippen LogP contribution in [0, 0.1) is 0 Å². The van der Waals surface area contributed by atoms with Gasteiger partial charge in [-0.25, -0.2) is 4.79 Å². The molecule has 1 atom stereocenters. The minimum atomic E-state index is -5.18. The van der Waals surface area contributed by atoms with Crippen molar-refractivity contribution in [1.29, 1.82) is 0 Å². The maximum atomic E-state index is 12.8.